The molecule has 0 spiro atoms. The van der Waals surface area contributed by atoms with Crippen LogP contribution in [-0.2, 0) is 11.4 Å². The Morgan fingerprint density at radius 1 is 1.38 bits per heavy atom. The molecule has 72 valence electrons. The second kappa shape index (κ2) is 4.79. The number of hydroxylamine groups is 1. The molecule has 1 aromatic rings. The van der Waals surface area contributed by atoms with Crippen LogP contribution in [0.25, 0.3) is 0 Å². The predicted molar refractivity (Wildman–Crippen MR) is 46.8 cm³/mol. The molecule has 0 fully saturated rings. The normalized spacial score (nSPS) is 10.1. The molecule has 0 aliphatic rings. The number of rotatable bonds is 4. The molecule has 0 radical (unpaired) electrons. The summed E-state index contributed by atoms with van der Waals surface area (Å²) in [6.45, 7) is 0.470. The van der Waals surface area contributed by atoms with Gasteiger partial charge in [-0.3, -0.25) is 0 Å². The number of ether oxygens (including phenoxy) is 1. The number of hydrogen-bond donors (Lipinski definition) is 1. The van der Waals surface area contributed by atoms with Crippen LogP contribution in [0.3, 0.4) is 0 Å². The standard InChI is InChI=1S/C9H12FNO2/c1-12-9-4-3-7(5-8(9)10)6-11-13-2/h3-5,11H,6H2,1-2H3. The van der Waals surface area contributed by atoms with Crippen LogP contribution in [0.2, 0.25) is 0 Å². The second-order valence-corrected chi connectivity index (χ2v) is 2.49. The number of halogens is 1. The molecule has 13 heavy (non-hydrogen) atoms. The average molecular weight is 185 g/mol. The first kappa shape index (κ1) is 9.95. The van der Waals surface area contributed by atoms with Gasteiger partial charge in [-0.05, 0) is 17.7 Å². The predicted octanol–water partition coefficient (Wildman–Crippen LogP) is 1.49. The topological polar surface area (TPSA) is 30.5 Å². The van der Waals surface area contributed by atoms with Gasteiger partial charge < -0.3 is 9.57 Å². The van der Waals surface area contributed by atoms with Crippen molar-refractivity contribution in [2.75, 3.05) is 14.2 Å². The van der Waals surface area contributed by atoms with E-state index >= 15 is 0 Å². The van der Waals surface area contributed by atoms with E-state index in [1.807, 2.05) is 0 Å². The van der Waals surface area contributed by atoms with Gasteiger partial charge in [-0.25, -0.2) is 4.39 Å². The zero-order valence-corrected chi connectivity index (χ0v) is 7.63. The Morgan fingerprint density at radius 3 is 2.69 bits per heavy atom. The zero-order valence-electron chi connectivity index (χ0n) is 7.63. The fraction of sp³-hybridized carbons (Fsp3) is 0.333. The quantitative estimate of drug-likeness (QED) is 0.721. The lowest BCUT2D eigenvalue weighted by molar-refractivity contribution is 0.0866. The summed E-state index contributed by atoms with van der Waals surface area (Å²) in [5.74, 6) is -0.112. The summed E-state index contributed by atoms with van der Waals surface area (Å²) in [4.78, 5) is 4.64. The van der Waals surface area contributed by atoms with Crippen molar-refractivity contribution in [2.24, 2.45) is 0 Å². The summed E-state index contributed by atoms with van der Waals surface area (Å²) in [6.07, 6.45) is 0. The van der Waals surface area contributed by atoms with Gasteiger partial charge in [-0.15, -0.1) is 0 Å². The molecule has 0 aliphatic carbocycles. The molecule has 1 aromatic carbocycles. The second-order valence-electron chi connectivity index (χ2n) is 2.49. The molecule has 0 unspecified atom stereocenters. The van der Waals surface area contributed by atoms with Crippen molar-refractivity contribution in [3.8, 4) is 5.75 Å². The van der Waals surface area contributed by atoms with E-state index in [-0.39, 0.29) is 11.6 Å². The van der Waals surface area contributed by atoms with Gasteiger partial charge in [0.25, 0.3) is 0 Å². The summed E-state index contributed by atoms with van der Waals surface area (Å²) in [7, 11) is 2.95. The van der Waals surface area contributed by atoms with E-state index in [1.54, 1.807) is 12.1 Å². The lowest BCUT2D eigenvalue weighted by atomic mass is 10.2. The van der Waals surface area contributed by atoms with Gasteiger partial charge in [0.1, 0.15) is 0 Å². The Bertz CT molecular complexity index is 278. The molecule has 3 nitrogen and oxygen atoms in total. The lowest BCUT2D eigenvalue weighted by Gasteiger charge is -2.05. The monoisotopic (exact) mass is 185 g/mol. The molecule has 1 N–H and O–H groups in total. The maximum atomic E-state index is 13.1. The van der Waals surface area contributed by atoms with Gasteiger partial charge in [-0.2, -0.15) is 5.48 Å². The van der Waals surface area contributed by atoms with Crippen LogP contribution >= 0.6 is 0 Å². The molecule has 0 aromatic heterocycles. The van der Waals surface area contributed by atoms with Crippen LogP contribution < -0.4 is 10.2 Å². The molecule has 0 aliphatic heterocycles. The van der Waals surface area contributed by atoms with Crippen LogP contribution in [0.5, 0.6) is 5.75 Å². The van der Waals surface area contributed by atoms with Crippen LogP contribution in [0, 0.1) is 5.82 Å². The van der Waals surface area contributed by atoms with Gasteiger partial charge in [0.05, 0.1) is 14.2 Å². The maximum absolute atomic E-state index is 13.1. The first-order valence-corrected chi connectivity index (χ1v) is 3.86. The molecule has 4 heteroatoms. The van der Waals surface area contributed by atoms with Crippen molar-refractivity contribution in [2.45, 2.75) is 6.54 Å². The largest absolute Gasteiger partial charge is 0.494 e. The Morgan fingerprint density at radius 2 is 2.15 bits per heavy atom. The summed E-state index contributed by atoms with van der Waals surface area (Å²) >= 11 is 0. The van der Waals surface area contributed by atoms with Gasteiger partial charge in [-0.1, -0.05) is 6.07 Å². The highest BCUT2D eigenvalue weighted by Gasteiger charge is 2.02. The SMILES string of the molecule is CONCc1ccc(OC)c(F)c1. The van der Waals surface area contributed by atoms with Crippen LogP contribution in [-0.4, -0.2) is 14.2 Å². The summed E-state index contributed by atoms with van der Waals surface area (Å²) in [5, 5.41) is 0. The molecule has 0 atom stereocenters. The highest BCUT2D eigenvalue weighted by molar-refractivity contribution is 5.29. The Hall–Kier alpha value is -1.13. The van der Waals surface area contributed by atoms with Crippen LogP contribution in [0.4, 0.5) is 4.39 Å². The molecular formula is C9H12FNO2. The number of methoxy groups -OCH3 is 1. The molecule has 0 saturated carbocycles. The van der Waals surface area contributed by atoms with Gasteiger partial charge >= 0.3 is 0 Å². The van der Waals surface area contributed by atoms with E-state index in [4.69, 9.17) is 4.74 Å². The molecule has 0 saturated heterocycles. The number of hydrogen-bond acceptors (Lipinski definition) is 3. The van der Waals surface area contributed by atoms with Crippen LogP contribution in [0.1, 0.15) is 5.56 Å². The average Bonchev–Trinajstić information content (AvgIpc) is 2.15. The van der Waals surface area contributed by atoms with E-state index in [2.05, 4.69) is 10.3 Å². The van der Waals surface area contributed by atoms with Crippen LogP contribution in [0.15, 0.2) is 18.2 Å². The Labute approximate surface area is 76.4 Å². The molecular weight excluding hydrogens is 173 g/mol. The fourth-order valence-electron chi connectivity index (χ4n) is 0.975. The lowest BCUT2D eigenvalue weighted by Crippen LogP contribution is -2.10. The van der Waals surface area contributed by atoms with Crippen molar-refractivity contribution in [3.63, 3.8) is 0 Å². The molecule has 0 amide bonds. The number of benzene rings is 1. The van der Waals surface area contributed by atoms with E-state index < -0.39 is 0 Å². The Balaban J connectivity index is 2.71. The minimum Gasteiger partial charge on any atom is -0.494 e. The first-order chi connectivity index (χ1) is 6.27. The Kier molecular flexibility index (Phi) is 3.67. The van der Waals surface area contributed by atoms with E-state index in [1.165, 1.54) is 20.3 Å². The smallest absolute Gasteiger partial charge is 0.165 e. The minimum absolute atomic E-state index is 0.251. The first-order valence-electron chi connectivity index (χ1n) is 3.86. The van der Waals surface area contributed by atoms with Gasteiger partial charge in [0.2, 0.25) is 0 Å². The maximum Gasteiger partial charge on any atom is 0.165 e. The van der Waals surface area contributed by atoms with E-state index in [9.17, 15) is 4.39 Å². The van der Waals surface area contributed by atoms with Crippen molar-refractivity contribution < 1.29 is 14.0 Å². The number of nitrogens with one attached hydrogen (secondary N) is 1. The highest BCUT2D eigenvalue weighted by atomic mass is 19.1. The molecule has 0 heterocycles. The van der Waals surface area contributed by atoms with Crippen molar-refractivity contribution in [3.05, 3.63) is 29.6 Å². The summed E-state index contributed by atoms with van der Waals surface area (Å²) in [6, 6.07) is 4.76. The third kappa shape index (κ3) is 2.68. The molecule has 0 bridgehead atoms. The summed E-state index contributed by atoms with van der Waals surface area (Å²) in [5.41, 5.74) is 3.43. The van der Waals surface area contributed by atoms with E-state index in [0.29, 0.717) is 6.54 Å². The minimum atomic E-state index is -0.363. The van der Waals surface area contributed by atoms with Gasteiger partial charge in [0, 0.05) is 6.54 Å². The van der Waals surface area contributed by atoms with Gasteiger partial charge in [0.15, 0.2) is 11.6 Å². The third-order valence-corrected chi connectivity index (χ3v) is 1.64. The van der Waals surface area contributed by atoms with Crippen molar-refractivity contribution in [1.82, 2.24) is 5.48 Å². The summed E-state index contributed by atoms with van der Waals surface area (Å²) < 4.78 is 17.9. The van der Waals surface area contributed by atoms with Crippen molar-refractivity contribution >= 4 is 0 Å². The fourth-order valence-corrected chi connectivity index (χ4v) is 0.975. The van der Waals surface area contributed by atoms with Crippen molar-refractivity contribution in [1.29, 1.82) is 0 Å². The molecule has 1 rings (SSSR count). The highest BCUT2D eigenvalue weighted by Crippen LogP contribution is 2.17. The third-order valence-electron chi connectivity index (χ3n) is 1.64. The van der Waals surface area contributed by atoms with E-state index in [0.717, 1.165) is 5.56 Å². The zero-order chi connectivity index (χ0) is 9.68.